The molecule has 1 saturated heterocycles. The van der Waals surface area contributed by atoms with Crippen molar-refractivity contribution in [1.82, 2.24) is 4.90 Å². The van der Waals surface area contributed by atoms with E-state index in [0.29, 0.717) is 17.7 Å². The Kier molecular flexibility index (Phi) is 6.69. The fraction of sp³-hybridized carbons (Fsp3) is 0.533. The smallest absolute Gasteiger partial charge is 0.223 e. The average molecular weight is 315 g/mol. The van der Waals surface area contributed by atoms with E-state index in [-0.39, 0.29) is 18.3 Å². The van der Waals surface area contributed by atoms with Gasteiger partial charge in [0.05, 0.1) is 0 Å². The Bertz CT molecular complexity index is 455. The first kappa shape index (κ1) is 17.2. The number of thioether (sulfide) groups is 1. The summed E-state index contributed by atoms with van der Waals surface area (Å²) in [5.74, 6) is 1.30. The lowest BCUT2D eigenvalue weighted by Crippen LogP contribution is -2.48. The lowest BCUT2D eigenvalue weighted by Gasteiger charge is -2.37. The van der Waals surface area contributed by atoms with Crippen LogP contribution in [-0.2, 0) is 11.2 Å². The van der Waals surface area contributed by atoms with Crippen molar-refractivity contribution >= 4 is 35.8 Å². The van der Waals surface area contributed by atoms with Gasteiger partial charge in [-0.3, -0.25) is 4.79 Å². The summed E-state index contributed by atoms with van der Waals surface area (Å²) in [6.07, 6.45) is 1.28. The number of rotatable bonds is 3. The number of hydrogen-bond acceptors (Lipinski definition) is 3. The topological polar surface area (TPSA) is 46.3 Å². The first-order valence-electron chi connectivity index (χ1n) is 6.84. The highest BCUT2D eigenvalue weighted by molar-refractivity contribution is 8.00. The van der Waals surface area contributed by atoms with Gasteiger partial charge in [-0.15, -0.1) is 12.4 Å². The van der Waals surface area contributed by atoms with Crippen LogP contribution in [0.1, 0.15) is 25.8 Å². The quantitative estimate of drug-likeness (QED) is 0.872. The summed E-state index contributed by atoms with van der Waals surface area (Å²) in [7, 11) is 0. The van der Waals surface area contributed by atoms with Crippen LogP contribution < -0.4 is 5.73 Å². The molecule has 0 spiro atoms. The molecule has 0 bridgehead atoms. The first-order chi connectivity index (χ1) is 9.09. The van der Waals surface area contributed by atoms with Crippen molar-refractivity contribution in [3.05, 3.63) is 29.8 Å². The van der Waals surface area contributed by atoms with Crippen LogP contribution in [0.25, 0.3) is 0 Å². The van der Waals surface area contributed by atoms with E-state index < -0.39 is 0 Å². The number of aryl methyl sites for hydroxylation is 1. The largest absolute Gasteiger partial charge is 0.399 e. The average Bonchev–Trinajstić information content (AvgIpc) is 2.40. The number of halogens is 1. The third-order valence-corrected chi connectivity index (χ3v) is 5.21. The van der Waals surface area contributed by atoms with Crippen LogP contribution in [0.5, 0.6) is 0 Å². The molecule has 112 valence electrons. The summed E-state index contributed by atoms with van der Waals surface area (Å²) in [5, 5.41) is 0.527. The number of hydrogen-bond donors (Lipinski definition) is 1. The maximum absolute atomic E-state index is 12.3. The molecule has 1 aromatic carbocycles. The molecule has 1 heterocycles. The Labute approximate surface area is 131 Å². The van der Waals surface area contributed by atoms with Gasteiger partial charge in [0.15, 0.2) is 0 Å². The molecule has 0 radical (unpaired) electrons. The van der Waals surface area contributed by atoms with Gasteiger partial charge >= 0.3 is 0 Å². The minimum absolute atomic E-state index is 0. The van der Waals surface area contributed by atoms with Crippen molar-refractivity contribution in [2.75, 3.05) is 18.0 Å². The second-order valence-corrected chi connectivity index (χ2v) is 6.59. The van der Waals surface area contributed by atoms with Gasteiger partial charge in [-0.25, -0.2) is 0 Å². The molecule has 2 rings (SSSR count). The number of nitrogen functional groups attached to an aromatic ring is 1. The lowest BCUT2D eigenvalue weighted by molar-refractivity contribution is -0.133. The number of carbonyl (C=O) groups excluding carboxylic acids is 1. The van der Waals surface area contributed by atoms with Gasteiger partial charge in [-0.05, 0) is 25.0 Å². The van der Waals surface area contributed by atoms with Crippen LogP contribution in [0, 0.1) is 0 Å². The summed E-state index contributed by atoms with van der Waals surface area (Å²) in [6, 6.07) is 8.12. The maximum atomic E-state index is 12.3. The summed E-state index contributed by atoms with van der Waals surface area (Å²) >= 11 is 1.95. The maximum Gasteiger partial charge on any atom is 0.223 e. The molecule has 0 saturated carbocycles. The molecule has 3 nitrogen and oxygen atoms in total. The Morgan fingerprint density at radius 3 is 2.80 bits per heavy atom. The zero-order valence-electron chi connectivity index (χ0n) is 12.0. The molecule has 20 heavy (non-hydrogen) atoms. The number of nitrogens with zero attached hydrogens (tertiary/aromatic N) is 1. The molecule has 2 unspecified atom stereocenters. The summed E-state index contributed by atoms with van der Waals surface area (Å²) in [5.41, 5.74) is 7.76. The standard InChI is InChI=1S/C15H22N2OS.ClH/c1-11-12(2)19-10-9-17(11)15(18)8-7-13-5-3-4-6-14(13)16;/h3-6,11-12H,7-10,16H2,1-2H3;1H. The van der Waals surface area contributed by atoms with Crippen LogP contribution in [0.15, 0.2) is 24.3 Å². The molecule has 2 atom stereocenters. The highest BCUT2D eigenvalue weighted by atomic mass is 35.5. The molecule has 2 N–H and O–H groups in total. The molecule has 0 aliphatic carbocycles. The summed E-state index contributed by atoms with van der Waals surface area (Å²) < 4.78 is 0. The molecule has 1 amide bonds. The summed E-state index contributed by atoms with van der Waals surface area (Å²) in [6.45, 7) is 5.22. The van der Waals surface area contributed by atoms with Crippen molar-refractivity contribution in [3.8, 4) is 0 Å². The number of nitrogens with two attached hydrogens (primary N) is 1. The normalized spacial score (nSPS) is 22.2. The second kappa shape index (κ2) is 7.79. The zero-order chi connectivity index (χ0) is 13.8. The fourth-order valence-corrected chi connectivity index (χ4v) is 3.53. The molecule has 5 heteroatoms. The minimum atomic E-state index is 0. The van der Waals surface area contributed by atoms with E-state index in [9.17, 15) is 4.79 Å². The van der Waals surface area contributed by atoms with Gasteiger partial charge in [0.25, 0.3) is 0 Å². The van der Waals surface area contributed by atoms with Gasteiger partial charge in [0, 0.05) is 35.7 Å². The Balaban J connectivity index is 0.00000200. The molecule has 1 aromatic rings. The number of amides is 1. The molecule has 1 fully saturated rings. The molecular weight excluding hydrogens is 292 g/mol. The van der Waals surface area contributed by atoms with Crippen molar-refractivity contribution in [2.45, 2.75) is 38.0 Å². The lowest BCUT2D eigenvalue weighted by atomic mass is 10.1. The van der Waals surface area contributed by atoms with E-state index in [1.54, 1.807) is 0 Å². The number of carbonyl (C=O) groups is 1. The molecule has 1 aliphatic rings. The number of anilines is 1. The predicted molar refractivity (Wildman–Crippen MR) is 89.5 cm³/mol. The van der Waals surface area contributed by atoms with E-state index in [2.05, 4.69) is 13.8 Å². The third kappa shape index (κ3) is 4.06. The fourth-order valence-electron chi connectivity index (χ4n) is 2.43. The van der Waals surface area contributed by atoms with Crippen molar-refractivity contribution in [1.29, 1.82) is 0 Å². The van der Waals surface area contributed by atoms with Crippen molar-refractivity contribution < 1.29 is 4.79 Å². The van der Waals surface area contributed by atoms with Crippen molar-refractivity contribution in [3.63, 3.8) is 0 Å². The van der Waals surface area contributed by atoms with Gasteiger partial charge in [-0.1, -0.05) is 25.1 Å². The Morgan fingerprint density at radius 2 is 2.10 bits per heavy atom. The van der Waals surface area contributed by atoms with Crippen LogP contribution in [0.4, 0.5) is 5.69 Å². The van der Waals surface area contributed by atoms with Crippen LogP contribution in [0.2, 0.25) is 0 Å². The second-order valence-electron chi connectivity index (χ2n) is 5.10. The predicted octanol–water partition coefficient (Wildman–Crippen LogP) is 2.98. The van der Waals surface area contributed by atoms with E-state index in [1.165, 1.54) is 0 Å². The minimum Gasteiger partial charge on any atom is -0.399 e. The van der Waals surface area contributed by atoms with E-state index in [0.717, 1.165) is 30.0 Å². The van der Waals surface area contributed by atoms with E-state index >= 15 is 0 Å². The molecule has 0 aromatic heterocycles. The Morgan fingerprint density at radius 1 is 1.40 bits per heavy atom. The monoisotopic (exact) mass is 314 g/mol. The van der Waals surface area contributed by atoms with Crippen LogP contribution in [-0.4, -0.2) is 34.4 Å². The van der Waals surface area contributed by atoms with E-state index in [4.69, 9.17) is 5.73 Å². The van der Waals surface area contributed by atoms with Crippen LogP contribution in [0.3, 0.4) is 0 Å². The van der Waals surface area contributed by atoms with E-state index in [1.807, 2.05) is 40.9 Å². The van der Waals surface area contributed by atoms with Gasteiger partial charge in [0.2, 0.25) is 5.91 Å². The van der Waals surface area contributed by atoms with Gasteiger partial charge < -0.3 is 10.6 Å². The number of benzene rings is 1. The van der Waals surface area contributed by atoms with Crippen LogP contribution >= 0.6 is 24.2 Å². The highest BCUT2D eigenvalue weighted by Gasteiger charge is 2.28. The van der Waals surface area contributed by atoms with Crippen molar-refractivity contribution in [2.24, 2.45) is 0 Å². The zero-order valence-corrected chi connectivity index (χ0v) is 13.7. The third-order valence-electron chi connectivity index (χ3n) is 3.87. The van der Waals surface area contributed by atoms with Gasteiger partial charge in [-0.2, -0.15) is 11.8 Å². The Hall–Kier alpha value is -0.870. The first-order valence-corrected chi connectivity index (χ1v) is 7.89. The van der Waals surface area contributed by atoms with Gasteiger partial charge in [0.1, 0.15) is 0 Å². The number of para-hydroxylation sites is 1. The molecule has 1 aliphatic heterocycles. The SMILES string of the molecule is CC1SCCN(C(=O)CCc2ccccc2N)C1C.Cl. The summed E-state index contributed by atoms with van der Waals surface area (Å²) in [4.78, 5) is 14.3. The molecular formula is C15H23ClN2OS. The highest BCUT2D eigenvalue weighted by Crippen LogP contribution is 2.25.